The van der Waals surface area contributed by atoms with Crippen LogP contribution in [0.2, 0.25) is 0 Å². The SMILES string of the molecule is CN(CCC[C@]1(O)[C@H]2CCN(C)[C@@H]1Cc1ccc(O)c(O)c12)C(=O)/C=C/c1ccoc1. The number of carbonyl (C=O) groups is 1. The Morgan fingerprint density at radius 3 is 2.90 bits per heavy atom. The molecular weight excluding hydrogens is 396 g/mol. The van der Waals surface area contributed by atoms with Gasteiger partial charge in [0.2, 0.25) is 5.91 Å². The molecule has 7 heteroatoms. The molecule has 2 bridgehead atoms. The average molecular weight is 427 g/mol. The number of fused-ring (bicyclic) bond motifs is 4. The number of nitrogens with zero attached hydrogens (tertiary/aromatic N) is 2. The Balaban J connectivity index is 1.46. The van der Waals surface area contributed by atoms with Crippen molar-refractivity contribution in [3.05, 3.63) is 53.5 Å². The first-order chi connectivity index (χ1) is 14.8. The van der Waals surface area contributed by atoms with Crippen molar-refractivity contribution in [3.63, 3.8) is 0 Å². The Labute approximate surface area is 182 Å². The molecule has 1 fully saturated rings. The molecule has 3 N–H and O–H groups in total. The van der Waals surface area contributed by atoms with Crippen molar-refractivity contribution in [2.75, 3.05) is 27.2 Å². The smallest absolute Gasteiger partial charge is 0.246 e. The van der Waals surface area contributed by atoms with E-state index in [4.69, 9.17) is 4.42 Å². The third-order valence-corrected chi connectivity index (χ3v) is 6.94. The van der Waals surface area contributed by atoms with Crippen LogP contribution >= 0.6 is 0 Å². The van der Waals surface area contributed by atoms with Crippen molar-refractivity contribution in [1.29, 1.82) is 0 Å². The van der Waals surface area contributed by atoms with Gasteiger partial charge in [-0.05, 0) is 63.0 Å². The highest BCUT2D eigenvalue weighted by molar-refractivity contribution is 5.91. The number of carbonyl (C=O) groups excluding carboxylic acids is 1. The number of rotatable bonds is 6. The van der Waals surface area contributed by atoms with Gasteiger partial charge in [0.15, 0.2) is 11.5 Å². The van der Waals surface area contributed by atoms with E-state index >= 15 is 0 Å². The van der Waals surface area contributed by atoms with E-state index in [1.54, 1.807) is 36.6 Å². The van der Waals surface area contributed by atoms with E-state index < -0.39 is 5.60 Å². The van der Waals surface area contributed by atoms with Gasteiger partial charge in [-0.15, -0.1) is 0 Å². The van der Waals surface area contributed by atoms with Crippen LogP contribution < -0.4 is 0 Å². The summed E-state index contributed by atoms with van der Waals surface area (Å²) < 4.78 is 4.99. The summed E-state index contributed by atoms with van der Waals surface area (Å²) in [5.41, 5.74) is 1.47. The maximum Gasteiger partial charge on any atom is 0.246 e. The zero-order valence-electron chi connectivity index (χ0n) is 18.0. The fourth-order valence-electron chi connectivity index (χ4n) is 5.21. The van der Waals surface area contributed by atoms with Crippen molar-refractivity contribution in [1.82, 2.24) is 9.80 Å². The zero-order chi connectivity index (χ0) is 22.2. The van der Waals surface area contributed by atoms with E-state index in [1.165, 1.54) is 12.1 Å². The molecule has 1 aliphatic carbocycles. The highest BCUT2D eigenvalue weighted by Gasteiger charge is 2.53. The minimum absolute atomic E-state index is 0.0651. The second kappa shape index (κ2) is 8.40. The molecule has 1 aromatic heterocycles. The minimum atomic E-state index is -1.03. The molecule has 0 spiro atoms. The Bertz CT molecular complexity index is 971. The fraction of sp³-hybridized carbons (Fsp3) is 0.458. The lowest BCUT2D eigenvalue weighted by atomic mass is 9.63. The van der Waals surface area contributed by atoms with Gasteiger partial charge in [-0.2, -0.15) is 0 Å². The lowest BCUT2D eigenvalue weighted by Gasteiger charge is -2.54. The van der Waals surface area contributed by atoms with Crippen LogP contribution in [0.15, 0.2) is 41.2 Å². The van der Waals surface area contributed by atoms with Crippen molar-refractivity contribution in [2.45, 2.75) is 43.2 Å². The van der Waals surface area contributed by atoms with Crippen LogP contribution in [0.3, 0.4) is 0 Å². The quantitative estimate of drug-likeness (QED) is 0.485. The molecule has 7 nitrogen and oxygen atoms in total. The predicted molar refractivity (Wildman–Crippen MR) is 117 cm³/mol. The van der Waals surface area contributed by atoms with E-state index in [9.17, 15) is 20.1 Å². The molecule has 1 saturated heterocycles. The van der Waals surface area contributed by atoms with E-state index in [1.807, 2.05) is 13.1 Å². The summed E-state index contributed by atoms with van der Waals surface area (Å²) >= 11 is 0. The van der Waals surface area contributed by atoms with Gasteiger partial charge in [-0.25, -0.2) is 0 Å². The number of phenolic OH excluding ortho intramolecular Hbond substituents is 2. The Morgan fingerprint density at radius 2 is 2.16 bits per heavy atom. The van der Waals surface area contributed by atoms with Gasteiger partial charge in [0.05, 0.1) is 18.1 Å². The van der Waals surface area contributed by atoms with Crippen molar-refractivity contribution in [3.8, 4) is 11.5 Å². The lowest BCUT2D eigenvalue weighted by molar-refractivity contribution is -0.125. The zero-order valence-corrected chi connectivity index (χ0v) is 18.0. The highest BCUT2D eigenvalue weighted by atomic mass is 16.3. The van der Waals surface area contributed by atoms with Crippen molar-refractivity contribution in [2.24, 2.45) is 0 Å². The van der Waals surface area contributed by atoms with Gasteiger partial charge in [0, 0.05) is 42.8 Å². The van der Waals surface area contributed by atoms with Crippen LogP contribution in [0, 0.1) is 0 Å². The molecule has 2 aliphatic rings. The minimum Gasteiger partial charge on any atom is -0.504 e. The number of piperidine rings is 1. The first kappa shape index (κ1) is 21.5. The van der Waals surface area contributed by atoms with E-state index in [0.717, 1.165) is 17.7 Å². The van der Waals surface area contributed by atoms with Crippen LogP contribution in [0.1, 0.15) is 41.9 Å². The number of hydrogen-bond acceptors (Lipinski definition) is 6. The molecule has 0 unspecified atom stereocenters. The third kappa shape index (κ3) is 3.95. The number of benzene rings is 1. The van der Waals surface area contributed by atoms with E-state index in [-0.39, 0.29) is 29.4 Å². The number of amides is 1. The Hall–Kier alpha value is -2.77. The standard InChI is InChI=1S/C24H30N2O5/c1-25-12-8-18-22-17(5-6-19(27)23(22)29)14-20(25)24(18,30)10-3-11-26(2)21(28)7-4-16-9-13-31-15-16/h4-7,9,13,15,18,20,27,29-30H,3,8,10-12,14H2,1-2H3/b7-4+/t18-,20+,24-/m0/s1. The molecule has 1 aliphatic heterocycles. The van der Waals surface area contributed by atoms with Gasteiger partial charge >= 0.3 is 0 Å². The predicted octanol–water partition coefficient (Wildman–Crippen LogP) is 2.72. The summed E-state index contributed by atoms with van der Waals surface area (Å²) in [6.45, 7) is 1.34. The Morgan fingerprint density at radius 1 is 1.35 bits per heavy atom. The van der Waals surface area contributed by atoms with Gasteiger partial charge < -0.3 is 29.5 Å². The summed E-state index contributed by atoms with van der Waals surface area (Å²) in [6, 6.07) is 5.08. The first-order valence-electron chi connectivity index (χ1n) is 10.7. The summed E-state index contributed by atoms with van der Waals surface area (Å²) in [5, 5.41) is 32.4. The van der Waals surface area contributed by atoms with Crippen LogP contribution in [-0.2, 0) is 11.2 Å². The molecule has 2 aromatic rings. The number of hydrogen-bond donors (Lipinski definition) is 3. The molecule has 1 aromatic carbocycles. The van der Waals surface area contributed by atoms with Crippen LogP contribution in [0.5, 0.6) is 11.5 Å². The molecule has 166 valence electrons. The number of likely N-dealkylation sites (N-methyl/N-ethyl adjacent to an activating group) is 2. The lowest BCUT2D eigenvalue weighted by Crippen LogP contribution is -2.62. The molecule has 31 heavy (non-hydrogen) atoms. The molecule has 2 heterocycles. The summed E-state index contributed by atoms with van der Waals surface area (Å²) in [5.74, 6) is -0.609. The molecule has 1 amide bonds. The Kier molecular flexibility index (Phi) is 5.81. The second-order valence-electron chi connectivity index (χ2n) is 8.79. The maximum atomic E-state index is 12.4. The van der Waals surface area contributed by atoms with E-state index in [0.29, 0.717) is 37.8 Å². The van der Waals surface area contributed by atoms with Crippen molar-refractivity contribution >= 4 is 12.0 Å². The van der Waals surface area contributed by atoms with Crippen LogP contribution in [-0.4, -0.2) is 69.9 Å². The van der Waals surface area contributed by atoms with Gasteiger partial charge in [0.25, 0.3) is 0 Å². The molecule has 3 atom stereocenters. The number of aliphatic hydroxyl groups is 1. The van der Waals surface area contributed by atoms with Crippen LogP contribution in [0.4, 0.5) is 0 Å². The van der Waals surface area contributed by atoms with Gasteiger partial charge in [-0.1, -0.05) is 6.07 Å². The molecule has 0 saturated carbocycles. The third-order valence-electron chi connectivity index (χ3n) is 6.94. The second-order valence-corrected chi connectivity index (χ2v) is 8.79. The monoisotopic (exact) mass is 426 g/mol. The van der Waals surface area contributed by atoms with Gasteiger partial charge in [0.1, 0.15) is 0 Å². The number of likely N-dealkylation sites (tertiary alicyclic amines) is 1. The molecule has 4 rings (SSSR count). The molecular formula is C24H30N2O5. The summed E-state index contributed by atoms with van der Waals surface area (Å²) in [6.07, 6.45) is 8.82. The number of phenols is 2. The fourth-order valence-corrected chi connectivity index (χ4v) is 5.21. The highest BCUT2D eigenvalue weighted by Crippen LogP contribution is 2.52. The first-order valence-corrected chi connectivity index (χ1v) is 10.7. The summed E-state index contributed by atoms with van der Waals surface area (Å²) in [7, 11) is 3.77. The van der Waals surface area contributed by atoms with E-state index in [2.05, 4.69) is 4.90 Å². The molecule has 0 radical (unpaired) electrons. The number of furan rings is 1. The largest absolute Gasteiger partial charge is 0.504 e. The maximum absolute atomic E-state index is 12.4. The summed E-state index contributed by atoms with van der Waals surface area (Å²) in [4.78, 5) is 16.2. The topological polar surface area (TPSA) is 97.4 Å². The number of aromatic hydroxyl groups is 2. The normalized spacial score (nSPS) is 25.5. The van der Waals surface area contributed by atoms with Crippen molar-refractivity contribution < 1.29 is 24.5 Å². The average Bonchev–Trinajstić information content (AvgIpc) is 3.25. The van der Waals surface area contributed by atoms with Gasteiger partial charge in [-0.3, -0.25) is 4.79 Å². The van der Waals surface area contributed by atoms with Crippen LogP contribution in [0.25, 0.3) is 6.08 Å².